The highest BCUT2D eigenvalue weighted by atomic mass is 31.2. The molecule has 0 aromatic heterocycles. The fourth-order valence-electron chi connectivity index (χ4n) is 7.72. The number of hydrogen-bond acceptors (Lipinski definition) is 5. The molecule has 3 unspecified atom stereocenters. The highest BCUT2D eigenvalue weighted by Crippen LogP contribution is 2.43. The van der Waals surface area contributed by atoms with Crippen molar-refractivity contribution < 1.29 is 32.9 Å². The van der Waals surface area contributed by atoms with Gasteiger partial charge in [-0.25, -0.2) is 4.57 Å². The molecule has 3 atom stereocenters. The lowest BCUT2D eigenvalue weighted by atomic mass is 10.0. The first kappa shape index (κ1) is 62.5. The summed E-state index contributed by atoms with van der Waals surface area (Å²) in [7, 11) is 1.55. The van der Waals surface area contributed by atoms with Gasteiger partial charge in [-0.05, 0) is 70.6 Å². The van der Waals surface area contributed by atoms with Crippen molar-refractivity contribution in [2.75, 3.05) is 40.9 Å². The number of unbranched alkanes of at least 4 members (excludes halogenated alkanes) is 30. The molecule has 0 rings (SSSR count). The number of carbonyl (C=O) groups is 1. The summed E-state index contributed by atoms with van der Waals surface area (Å²) in [5.41, 5.74) is 0. The molecule has 0 bridgehead atoms. The largest absolute Gasteiger partial charge is 0.472 e. The Labute approximate surface area is 397 Å². The summed E-state index contributed by atoms with van der Waals surface area (Å²) in [4.78, 5) is 23.2. The number of aliphatic hydroxyl groups is 1. The van der Waals surface area contributed by atoms with E-state index in [2.05, 4.69) is 55.6 Å². The molecular weight excluding hydrogens is 816 g/mol. The molecule has 0 saturated heterocycles. The van der Waals surface area contributed by atoms with Crippen molar-refractivity contribution in [3.8, 4) is 0 Å². The van der Waals surface area contributed by atoms with E-state index in [1.54, 1.807) is 6.08 Å². The van der Waals surface area contributed by atoms with Crippen LogP contribution in [0.1, 0.15) is 245 Å². The molecule has 64 heavy (non-hydrogen) atoms. The Morgan fingerprint density at radius 3 is 1.25 bits per heavy atom. The molecule has 1 amide bonds. The van der Waals surface area contributed by atoms with Crippen LogP contribution in [-0.2, 0) is 18.4 Å². The number of amides is 1. The molecular formula is C55H106N2O6P+. The predicted octanol–water partition coefficient (Wildman–Crippen LogP) is 16.0. The zero-order chi connectivity index (χ0) is 47.1. The predicted molar refractivity (Wildman–Crippen MR) is 277 cm³/mol. The first-order valence-electron chi connectivity index (χ1n) is 27.0. The molecule has 0 heterocycles. The van der Waals surface area contributed by atoms with Gasteiger partial charge in [-0.15, -0.1) is 0 Å². The van der Waals surface area contributed by atoms with Gasteiger partial charge in [0.1, 0.15) is 13.2 Å². The number of phosphoric acid groups is 1. The minimum absolute atomic E-state index is 0.0526. The standard InChI is InChI=1S/C55H105N2O6P/c1-6-8-10-12-14-16-18-20-22-24-25-26-27-28-29-30-31-33-35-37-39-41-43-45-47-49-55(59)56-53(52-63-64(60,61)62-51-50-57(3,4)5)54(58)48-46-44-42-40-38-36-34-32-23-21-19-17-15-13-11-9-7-2/h23,28-29,32,38,40,46,48,53-54,58H,6-22,24-27,30-31,33-37,39,41-45,47,49-52H2,1-5H3,(H-,56,59,60,61)/p+1/b29-28-,32-23+,40-38+,48-46+. The van der Waals surface area contributed by atoms with Crippen LogP contribution < -0.4 is 5.32 Å². The summed E-state index contributed by atoms with van der Waals surface area (Å²) in [6.07, 6.45) is 60.6. The highest BCUT2D eigenvalue weighted by Gasteiger charge is 2.27. The van der Waals surface area contributed by atoms with Gasteiger partial charge >= 0.3 is 7.82 Å². The van der Waals surface area contributed by atoms with Crippen molar-refractivity contribution in [3.63, 3.8) is 0 Å². The van der Waals surface area contributed by atoms with Gasteiger partial charge < -0.3 is 19.8 Å². The van der Waals surface area contributed by atoms with Crippen molar-refractivity contribution in [2.45, 2.75) is 257 Å². The van der Waals surface area contributed by atoms with Crippen molar-refractivity contribution >= 4 is 13.7 Å². The maximum absolute atomic E-state index is 12.9. The van der Waals surface area contributed by atoms with Crippen molar-refractivity contribution in [1.82, 2.24) is 5.32 Å². The van der Waals surface area contributed by atoms with Gasteiger partial charge in [0.05, 0.1) is 39.9 Å². The normalized spacial score (nSPS) is 14.4. The van der Waals surface area contributed by atoms with Crippen molar-refractivity contribution in [2.24, 2.45) is 0 Å². The molecule has 8 nitrogen and oxygen atoms in total. The van der Waals surface area contributed by atoms with Gasteiger partial charge in [0.15, 0.2) is 0 Å². The van der Waals surface area contributed by atoms with E-state index in [1.165, 1.54) is 180 Å². The van der Waals surface area contributed by atoms with Crippen LogP contribution in [-0.4, -0.2) is 73.4 Å². The first-order chi connectivity index (χ1) is 31.0. The summed E-state index contributed by atoms with van der Waals surface area (Å²) in [5, 5.41) is 13.9. The highest BCUT2D eigenvalue weighted by molar-refractivity contribution is 7.47. The smallest absolute Gasteiger partial charge is 0.387 e. The summed E-state index contributed by atoms with van der Waals surface area (Å²) < 4.78 is 23.6. The van der Waals surface area contributed by atoms with E-state index in [-0.39, 0.29) is 19.1 Å². The second-order valence-corrected chi connectivity index (χ2v) is 21.0. The fraction of sp³-hybridized carbons (Fsp3) is 0.836. The topological polar surface area (TPSA) is 105 Å². The van der Waals surface area contributed by atoms with E-state index in [1.807, 2.05) is 27.2 Å². The lowest BCUT2D eigenvalue weighted by Crippen LogP contribution is -2.45. The SMILES string of the molecule is CCCCCCCCC/C=C/CC/C=C/CC/C=C/C(O)C(COP(=O)(O)OCC[N+](C)(C)C)NC(=O)CCCCCCCCCCC/C=C\CCCCCCCCCCCCCC. The van der Waals surface area contributed by atoms with Crippen LogP contribution in [0, 0.1) is 0 Å². The van der Waals surface area contributed by atoms with E-state index in [0.717, 1.165) is 44.9 Å². The lowest BCUT2D eigenvalue weighted by molar-refractivity contribution is -0.870. The number of quaternary nitrogens is 1. The third-order valence-corrected chi connectivity index (χ3v) is 13.0. The van der Waals surface area contributed by atoms with Gasteiger partial charge in [0.25, 0.3) is 0 Å². The Hall–Kier alpha value is -1.54. The fourth-order valence-corrected chi connectivity index (χ4v) is 8.45. The molecule has 0 fully saturated rings. The van der Waals surface area contributed by atoms with Crippen molar-refractivity contribution in [1.29, 1.82) is 0 Å². The van der Waals surface area contributed by atoms with Crippen LogP contribution in [0.5, 0.6) is 0 Å². The zero-order valence-electron chi connectivity index (χ0n) is 42.8. The Morgan fingerprint density at radius 2 is 0.859 bits per heavy atom. The molecule has 0 aromatic carbocycles. The molecule has 0 aliphatic heterocycles. The Kier molecular flexibility index (Phi) is 45.4. The molecule has 0 saturated carbocycles. The van der Waals surface area contributed by atoms with E-state index >= 15 is 0 Å². The number of allylic oxidation sites excluding steroid dienone is 7. The number of carbonyl (C=O) groups excluding carboxylic acids is 1. The quantitative estimate of drug-likeness (QED) is 0.0243. The zero-order valence-corrected chi connectivity index (χ0v) is 43.7. The Bertz CT molecular complexity index is 1180. The number of likely N-dealkylation sites (N-methyl/N-ethyl adjacent to an activating group) is 1. The number of phosphoric ester groups is 1. The molecule has 9 heteroatoms. The summed E-state index contributed by atoms with van der Waals surface area (Å²) in [6.45, 7) is 4.79. The van der Waals surface area contributed by atoms with Crippen LogP contribution in [0.15, 0.2) is 48.6 Å². The van der Waals surface area contributed by atoms with E-state index < -0.39 is 20.0 Å². The second-order valence-electron chi connectivity index (χ2n) is 19.6. The van der Waals surface area contributed by atoms with Crippen molar-refractivity contribution in [3.05, 3.63) is 48.6 Å². The van der Waals surface area contributed by atoms with Crippen LogP contribution in [0.3, 0.4) is 0 Å². The van der Waals surface area contributed by atoms with E-state index in [9.17, 15) is 19.4 Å². The number of rotatable bonds is 49. The molecule has 0 aliphatic carbocycles. The number of nitrogens with zero attached hydrogens (tertiary/aromatic N) is 1. The van der Waals surface area contributed by atoms with Crippen LogP contribution >= 0.6 is 7.82 Å². The minimum atomic E-state index is -4.36. The van der Waals surface area contributed by atoms with E-state index in [4.69, 9.17) is 9.05 Å². The first-order valence-corrected chi connectivity index (χ1v) is 28.5. The number of nitrogens with one attached hydrogen (secondary N) is 1. The Morgan fingerprint density at radius 1 is 0.516 bits per heavy atom. The Balaban J connectivity index is 4.28. The van der Waals surface area contributed by atoms with Crippen LogP contribution in [0.2, 0.25) is 0 Å². The summed E-state index contributed by atoms with van der Waals surface area (Å²) >= 11 is 0. The number of aliphatic hydroxyl groups excluding tert-OH is 1. The van der Waals surface area contributed by atoms with Gasteiger partial charge in [-0.3, -0.25) is 13.8 Å². The van der Waals surface area contributed by atoms with Gasteiger partial charge in [0, 0.05) is 6.42 Å². The maximum Gasteiger partial charge on any atom is 0.472 e. The van der Waals surface area contributed by atoms with Gasteiger partial charge in [0.2, 0.25) is 5.91 Å². The number of hydrogen-bond donors (Lipinski definition) is 3. The van der Waals surface area contributed by atoms with Gasteiger partial charge in [-0.1, -0.05) is 217 Å². The molecule has 376 valence electrons. The molecule has 0 radical (unpaired) electrons. The summed E-state index contributed by atoms with van der Waals surface area (Å²) in [5.74, 6) is -0.192. The third kappa shape index (κ3) is 48.4. The monoisotopic (exact) mass is 922 g/mol. The van der Waals surface area contributed by atoms with Crippen LogP contribution in [0.4, 0.5) is 0 Å². The lowest BCUT2D eigenvalue weighted by Gasteiger charge is -2.25. The summed E-state index contributed by atoms with van der Waals surface area (Å²) in [6, 6.07) is -0.871. The van der Waals surface area contributed by atoms with Gasteiger partial charge in [-0.2, -0.15) is 0 Å². The average molecular weight is 922 g/mol. The maximum atomic E-state index is 12.9. The third-order valence-electron chi connectivity index (χ3n) is 12.0. The molecule has 0 aliphatic rings. The van der Waals surface area contributed by atoms with E-state index in [0.29, 0.717) is 17.4 Å². The molecule has 0 aromatic rings. The second kappa shape index (κ2) is 46.6. The van der Waals surface area contributed by atoms with Crippen LogP contribution in [0.25, 0.3) is 0 Å². The average Bonchev–Trinajstić information content (AvgIpc) is 3.25. The minimum Gasteiger partial charge on any atom is -0.387 e. The molecule has 3 N–H and O–H groups in total. The molecule has 0 spiro atoms.